The summed E-state index contributed by atoms with van der Waals surface area (Å²) in [7, 11) is 1.85. The molecule has 154 valence electrons. The molecule has 0 amide bonds. The Hall–Kier alpha value is -3.42. The third-order valence-corrected chi connectivity index (χ3v) is 5.50. The van der Waals surface area contributed by atoms with E-state index in [-0.39, 0.29) is 17.4 Å². The van der Waals surface area contributed by atoms with Crippen LogP contribution in [0.5, 0.6) is 0 Å². The Kier molecular flexibility index (Phi) is 4.72. The van der Waals surface area contributed by atoms with Gasteiger partial charge in [-0.3, -0.25) is 8.97 Å². The van der Waals surface area contributed by atoms with Gasteiger partial charge >= 0.3 is 17.7 Å². The molecule has 8 heteroatoms. The highest BCUT2D eigenvalue weighted by Gasteiger charge is 2.46. The molecule has 1 aliphatic carbocycles. The number of pyridine rings is 1. The predicted octanol–water partition coefficient (Wildman–Crippen LogP) is 4.10. The first kappa shape index (κ1) is 19.9. The number of imidazole rings is 1. The molecule has 0 bridgehead atoms. The molecule has 3 aromatic rings. The Morgan fingerprint density at radius 3 is 2.73 bits per heavy atom. The molecule has 1 aliphatic rings. The normalized spacial score (nSPS) is 19.5. The van der Waals surface area contributed by atoms with Crippen molar-refractivity contribution in [3.05, 3.63) is 83.2 Å². The summed E-state index contributed by atoms with van der Waals surface area (Å²) in [5.74, 6) is 1.20. The number of aliphatic imine (C=N–C) groups is 1. The third kappa shape index (κ3) is 3.28. The molecule has 0 radical (unpaired) electrons. The van der Waals surface area contributed by atoms with Gasteiger partial charge in [0.05, 0.1) is 35.9 Å². The monoisotopic (exact) mass is 413 g/mol. The minimum absolute atomic E-state index is 0.177. The lowest BCUT2D eigenvalue weighted by Crippen LogP contribution is -2.19. The Bertz CT molecular complexity index is 1250. The summed E-state index contributed by atoms with van der Waals surface area (Å²) in [6, 6.07) is 9.50. The van der Waals surface area contributed by atoms with E-state index in [1.807, 2.05) is 23.8 Å². The maximum absolute atomic E-state index is 13.3. The summed E-state index contributed by atoms with van der Waals surface area (Å²) in [4.78, 5) is 16.9. The van der Waals surface area contributed by atoms with E-state index in [2.05, 4.69) is 18.3 Å². The van der Waals surface area contributed by atoms with E-state index >= 15 is 0 Å². The van der Waals surface area contributed by atoms with Gasteiger partial charge in [0.15, 0.2) is 0 Å². The quantitative estimate of drug-likeness (QED) is 0.361. The lowest BCUT2D eigenvalue weighted by atomic mass is 10.1. The van der Waals surface area contributed by atoms with Crippen molar-refractivity contribution >= 4 is 18.1 Å². The third-order valence-electron chi connectivity index (χ3n) is 5.50. The van der Waals surface area contributed by atoms with Crippen molar-refractivity contribution in [2.24, 2.45) is 10.9 Å². The van der Waals surface area contributed by atoms with Crippen LogP contribution in [0.2, 0.25) is 0 Å². The van der Waals surface area contributed by atoms with Crippen molar-refractivity contribution in [3.8, 4) is 5.69 Å². The van der Waals surface area contributed by atoms with Crippen LogP contribution in [0.4, 0.5) is 13.2 Å². The smallest absolute Gasteiger partial charge is 0.267 e. The molecule has 2 heterocycles. The summed E-state index contributed by atoms with van der Waals surface area (Å²) in [5.41, 5.74) is -0.0571. The summed E-state index contributed by atoms with van der Waals surface area (Å²) in [5, 5.41) is 0. The van der Waals surface area contributed by atoms with Gasteiger partial charge in [-0.15, -0.1) is 0 Å². The Morgan fingerprint density at radius 2 is 2.07 bits per heavy atom. The number of benzene rings is 1. The van der Waals surface area contributed by atoms with Crippen LogP contribution in [0.15, 0.2) is 71.4 Å². The maximum Gasteiger partial charge on any atom is 0.418 e. The number of amidine groups is 1. The highest BCUT2D eigenvalue weighted by atomic mass is 19.4. The van der Waals surface area contributed by atoms with Gasteiger partial charge in [0.1, 0.15) is 6.72 Å². The highest BCUT2D eigenvalue weighted by Crippen LogP contribution is 2.48. The summed E-state index contributed by atoms with van der Waals surface area (Å²) < 4.78 is 44.1. The number of rotatable bonds is 4. The summed E-state index contributed by atoms with van der Waals surface area (Å²) >= 11 is 0. The van der Waals surface area contributed by atoms with Crippen LogP contribution in [0.25, 0.3) is 11.2 Å². The fourth-order valence-electron chi connectivity index (χ4n) is 3.88. The van der Waals surface area contributed by atoms with Crippen molar-refractivity contribution in [2.75, 3.05) is 7.05 Å². The number of halogens is 3. The molecule has 0 spiro atoms. The second kappa shape index (κ2) is 7.12. The molecule has 0 N–H and O–H groups in total. The summed E-state index contributed by atoms with van der Waals surface area (Å²) in [6.45, 7) is 7.37. The maximum atomic E-state index is 13.3. The van der Waals surface area contributed by atoms with E-state index in [9.17, 15) is 18.0 Å². The molecule has 0 unspecified atom stereocenters. The van der Waals surface area contributed by atoms with Crippen LogP contribution in [-0.4, -0.2) is 33.1 Å². The van der Waals surface area contributed by atoms with Crippen LogP contribution < -0.4 is 5.69 Å². The average molecular weight is 413 g/mol. The molecule has 4 rings (SSSR count). The number of fused-ring (bicyclic) bond motifs is 1. The first-order chi connectivity index (χ1) is 14.3. The standard InChI is InChI=1S/C22H20F3N4O/c1-4-27(3)20(26-2)17-12-16(17)14-7-5-8-15(11-14)29-13-19-18(22(23,24)25)9-6-10-28(19)21(29)30/h4-11,13,16-17H,1-2,12H2,3H3/q+1/t16-,17-/m1/s1. The Labute approximate surface area is 170 Å². The van der Waals surface area contributed by atoms with E-state index in [1.54, 1.807) is 18.3 Å². The van der Waals surface area contributed by atoms with Crippen LogP contribution >= 0.6 is 0 Å². The topological polar surface area (TPSA) is 41.8 Å². The molecule has 30 heavy (non-hydrogen) atoms. The minimum atomic E-state index is -4.55. The van der Waals surface area contributed by atoms with Gasteiger partial charge in [-0.25, -0.2) is 9.37 Å². The lowest BCUT2D eigenvalue weighted by molar-refractivity contribution is -0.424. The van der Waals surface area contributed by atoms with Gasteiger partial charge in [-0.2, -0.15) is 13.2 Å². The molecule has 2 atom stereocenters. The molecule has 1 fully saturated rings. The molecule has 5 nitrogen and oxygen atoms in total. The van der Waals surface area contributed by atoms with Gasteiger partial charge < -0.3 is 0 Å². The number of hydrogen-bond donors (Lipinski definition) is 0. The number of nitrogens with zero attached hydrogens (tertiary/aromatic N) is 4. The summed E-state index contributed by atoms with van der Waals surface area (Å²) in [6.07, 6.45) is 0.575. The van der Waals surface area contributed by atoms with Gasteiger partial charge in [0, 0.05) is 12.4 Å². The van der Waals surface area contributed by atoms with E-state index < -0.39 is 17.4 Å². The second-order valence-corrected chi connectivity index (χ2v) is 7.31. The van der Waals surface area contributed by atoms with Crippen molar-refractivity contribution in [1.82, 2.24) is 8.97 Å². The van der Waals surface area contributed by atoms with Crippen LogP contribution in [0.3, 0.4) is 0 Å². The van der Waals surface area contributed by atoms with Crippen LogP contribution in [0, 0.1) is 5.92 Å². The van der Waals surface area contributed by atoms with E-state index in [1.165, 1.54) is 23.0 Å². The first-order valence-corrected chi connectivity index (χ1v) is 9.35. The van der Waals surface area contributed by atoms with E-state index in [4.69, 9.17) is 0 Å². The highest BCUT2D eigenvalue weighted by molar-refractivity contribution is 5.87. The largest absolute Gasteiger partial charge is 0.418 e. The van der Waals surface area contributed by atoms with Crippen molar-refractivity contribution < 1.29 is 17.7 Å². The van der Waals surface area contributed by atoms with Gasteiger partial charge in [-0.05, 0) is 42.2 Å². The Balaban J connectivity index is 1.75. The number of aromatic nitrogens is 2. The van der Waals surface area contributed by atoms with Crippen LogP contribution in [0.1, 0.15) is 23.5 Å². The Morgan fingerprint density at radius 1 is 1.30 bits per heavy atom. The molecular formula is C22H20F3N4O+. The van der Waals surface area contributed by atoms with Crippen molar-refractivity contribution in [1.29, 1.82) is 0 Å². The zero-order chi connectivity index (χ0) is 21.6. The van der Waals surface area contributed by atoms with Crippen LogP contribution in [-0.2, 0) is 6.18 Å². The van der Waals surface area contributed by atoms with Gasteiger partial charge in [0.2, 0.25) is 0 Å². The minimum Gasteiger partial charge on any atom is -0.267 e. The van der Waals surface area contributed by atoms with Crippen molar-refractivity contribution in [2.45, 2.75) is 18.5 Å². The first-order valence-electron chi connectivity index (χ1n) is 9.35. The molecule has 1 aromatic carbocycles. The fraction of sp³-hybridized carbons (Fsp3) is 0.227. The van der Waals surface area contributed by atoms with E-state index in [0.717, 1.165) is 28.3 Å². The van der Waals surface area contributed by atoms with Gasteiger partial charge in [0.25, 0.3) is 0 Å². The number of hydrogen-bond acceptors (Lipinski definition) is 1. The van der Waals surface area contributed by atoms with Gasteiger partial charge in [-0.1, -0.05) is 23.7 Å². The second-order valence-electron chi connectivity index (χ2n) is 7.31. The molecule has 1 saturated carbocycles. The number of alkyl halides is 3. The predicted molar refractivity (Wildman–Crippen MR) is 110 cm³/mol. The zero-order valence-electron chi connectivity index (χ0n) is 16.3. The SMILES string of the molecule is C=C[N+](C)=C(N=C)[C@@H]1C[C@@H]1c1cccc(-n2cc3c(C(F)(F)F)cccn3c2=O)c1. The molecule has 0 aliphatic heterocycles. The zero-order valence-corrected chi connectivity index (χ0v) is 16.3. The van der Waals surface area contributed by atoms with E-state index in [0.29, 0.717) is 5.69 Å². The van der Waals surface area contributed by atoms with Crippen molar-refractivity contribution in [3.63, 3.8) is 0 Å². The lowest BCUT2D eigenvalue weighted by Gasteiger charge is -2.07. The molecule has 2 aromatic heterocycles. The fourth-order valence-corrected chi connectivity index (χ4v) is 3.88. The average Bonchev–Trinajstić information content (AvgIpc) is 3.44. The molecular weight excluding hydrogens is 393 g/mol. The molecule has 0 saturated heterocycles.